The van der Waals surface area contributed by atoms with Crippen LogP contribution < -0.4 is 5.73 Å². The van der Waals surface area contributed by atoms with Gasteiger partial charge in [0.05, 0.1) is 5.69 Å². The molecule has 3 heteroatoms. The third-order valence-corrected chi connectivity index (χ3v) is 1.97. The van der Waals surface area contributed by atoms with Crippen LogP contribution in [-0.4, -0.2) is 4.98 Å². The summed E-state index contributed by atoms with van der Waals surface area (Å²) in [6.45, 7) is 1.91. The van der Waals surface area contributed by atoms with Gasteiger partial charge in [-0.15, -0.1) is 0 Å². The Morgan fingerprint density at radius 1 is 1.43 bits per heavy atom. The SMILES string of the molecule is Cc1coc(Cc2cccc(N)c2)n1. The Kier molecular flexibility index (Phi) is 2.23. The number of rotatable bonds is 2. The van der Waals surface area contributed by atoms with Crippen molar-refractivity contribution in [2.45, 2.75) is 13.3 Å². The van der Waals surface area contributed by atoms with E-state index in [-0.39, 0.29) is 0 Å². The highest BCUT2D eigenvalue weighted by atomic mass is 16.3. The van der Waals surface area contributed by atoms with Crippen molar-refractivity contribution in [2.24, 2.45) is 0 Å². The normalized spacial score (nSPS) is 10.4. The lowest BCUT2D eigenvalue weighted by Crippen LogP contribution is -1.91. The van der Waals surface area contributed by atoms with Crippen LogP contribution >= 0.6 is 0 Å². The number of nitrogens with two attached hydrogens (primary N) is 1. The predicted molar refractivity (Wildman–Crippen MR) is 54.9 cm³/mol. The van der Waals surface area contributed by atoms with Crippen molar-refractivity contribution in [2.75, 3.05) is 5.73 Å². The van der Waals surface area contributed by atoms with Crippen LogP contribution in [0.2, 0.25) is 0 Å². The minimum absolute atomic E-state index is 0.693. The molecule has 2 aromatic rings. The van der Waals surface area contributed by atoms with Crippen molar-refractivity contribution in [1.29, 1.82) is 0 Å². The highest BCUT2D eigenvalue weighted by molar-refractivity contribution is 5.41. The smallest absolute Gasteiger partial charge is 0.198 e. The van der Waals surface area contributed by atoms with E-state index in [0.29, 0.717) is 6.42 Å². The van der Waals surface area contributed by atoms with Gasteiger partial charge in [0.2, 0.25) is 0 Å². The summed E-state index contributed by atoms with van der Waals surface area (Å²) >= 11 is 0. The monoisotopic (exact) mass is 188 g/mol. The Morgan fingerprint density at radius 3 is 2.93 bits per heavy atom. The maximum absolute atomic E-state index is 5.67. The maximum Gasteiger partial charge on any atom is 0.198 e. The summed E-state index contributed by atoms with van der Waals surface area (Å²) < 4.78 is 5.26. The summed E-state index contributed by atoms with van der Waals surface area (Å²) in [5.74, 6) is 0.730. The van der Waals surface area contributed by atoms with Crippen molar-refractivity contribution < 1.29 is 4.42 Å². The van der Waals surface area contributed by atoms with Crippen LogP contribution in [-0.2, 0) is 6.42 Å². The molecule has 0 aliphatic rings. The van der Waals surface area contributed by atoms with Crippen LogP contribution in [0, 0.1) is 6.92 Å². The molecular formula is C11H12N2O. The lowest BCUT2D eigenvalue weighted by molar-refractivity contribution is 0.506. The molecule has 0 unspecified atom stereocenters. The molecule has 14 heavy (non-hydrogen) atoms. The fourth-order valence-corrected chi connectivity index (χ4v) is 1.36. The zero-order valence-electron chi connectivity index (χ0n) is 8.03. The van der Waals surface area contributed by atoms with Crippen LogP contribution in [0.1, 0.15) is 17.1 Å². The van der Waals surface area contributed by atoms with Crippen molar-refractivity contribution in [3.05, 3.63) is 47.7 Å². The van der Waals surface area contributed by atoms with E-state index in [1.165, 1.54) is 0 Å². The number of aromatic nitrogens is 1. The Labute approximate surface area is 82.6 Å². The number of hydrogen-bond acceptors (Lipinski definition) is 3. The van der Waals surface area contributed by atoms with Gasteiger partial charge in [0.15, 0.2) is 5.89 Å². The van der Waals surface area contributed by atoms with Crippen LogP contribution in [0.5, 0.6) is 0 Å². The molecule has 0 atom stereocenters. The van der Waals surface area contributed by atoms with Crippen LogP contribution in [0.3, 0.4) is 0 Å². The lowest BCUT2D eigenvalue weighted by Gasteiger charge is -1.98. The molecule has 2 N–H and O–H groups in total. The van der Waals surface area contributed by atoms with Gasteiger partial charge in [-0.1, -0.05) is 12.1 Å². The molecular weight excluding hydrogens is 176 g/mol. The van der Waals surface area contributed by atoms with Crippen molar-refractivity contribution in [1.82, 2.24) is 4.98 Å². The molecule has 0 amide bonds. The molecule has 1 aromatic heterocycles. The molecule has 0 bridgehead atoms. The van der Waals surface area contributed by atoms with E-state index >= 15 is 0 Å². The molecule has 1 aromatic carbocycles. The van der Waals surface area contributed by atoms with Gasteiger partial charge in [0, 0.05) is 12.1 Å². The molecule has 1 heterocycles. The van der Waals surface area contributed by atoms with Gasteiger partial charge in [0.25, 0.3) is 0 Å². The Hall–Kier alpha value is -1.77. The second-order valence-electron chi connectivity index (χ2n) is 3.30. The summed E-state index contributed by atoms with van der Waals surface area (Å²) in [5, 5.41) is 0. The van der Waals surface area contributed by atoms with Crippen molar-refractivity contribution >= 4 is 5.69 Å². The third kappa shape index (κ3) is 1.93. The summed E-state index contributed by atoms with van der Waals surface area (Å²) in [6.07, 6.45) is 2.35. The Balaban J connectivity index is 2.18. The Morgan fingerprint density at radius 2 is 2.29 bits per heavy atom. The molecule has 72 valence electrons. The second-order valence-corrected chi connectivity index (χ2v) is 3.30. The first-order chi connectivity index (χ1) is 6.74. The van der Waals surface area contributed by atoms with E-state index in [2.05, 4.69) is 4.98 Å². The summed E-state index contributed by atoms with van der Waals surface area (Å²) in [6, 6.07) is 7.74. The molecule has 0 fully saturated rings. The van der Waals surface area contributed by atoms with Crippen LogP contribution in [0.4, 0.5) is 5.69 Å². The molecule has 2 rings (SSSR count). The van der Waals surface area contributed by atoms with E-state index in [9.17, 15) is 0 Å². The maximum atomic E-state index is 5.67. The van der Waals surface area contributed by atoms with Crippen molar-refractivity contribution in [3.63, 3.8) is 0 Å². The van der Waals surface area contributed by atoms with Gasteiger partial charge in [-0.2, -0.15) is 0 Å². The molecule has 0 spiro atoms. The average molecular weight is 188 g/mol. The fourth-order valence-electron chi connectivity index (χ4n) is 1.36. The number of anilines is 1. The highest BCUT2D eigenvalue weighted by Crippen LogP contribution is 2.11. The molecule has 0 saturated heterocycles. The minimum atomic E-state index is 0.693. The number of oxazole rings is 1. The molecule has 0 aliphatic carbocycles. The number of nitrogens with zero attached hydrogens (tertiary/aromatic N) is 1. The summed E-state index contributed by atoms with van der Waals surface area (Å²) in [7, 11) is 0. The van der Waals surface area contributed by atoms with E-state index < -0.39 is 0 Å². The van der Waals surface area contributed by atoms with Gasteiger partial charge in [-0.25, -0.2) is 4.98 Å². The highest BCUT2D eigenvalue weighted by Gasteiger charge is 2.02. The molecule has 0 radical (unpaired) electrons. The summed E-state index contributed by atoms with van der Waals surface area (Å²) in [4.78, 5) is 4.23. The zero-order chi connectivity index (χ0) is 9.97. The molecule has 3 nitrogen and oxygen atoms in total. The van der Waals surface area contributed by atoms with E-state index in [1.54, 1.807) is 6.26 Å². The number of nitrogen functional groups attached to an aromatic ring is 1. The zero-order valence-corrected chi connectivity index (χ0v) is 8.03. The second kappa shape index (κ2) is 3.54. The van der Waals surface area contributed by atoms with E-state index in [4.69, 9.17) is 10.2 Å². The first-order valence-electron chi connectivity index (χ1n) is 4.49. The molecule has 0 aliphatic heterocycles. The van der Waals surface area contributed by atoms with Gasteiger partial charge in [-0.05, 0) is 24.6 Å². The fraction of sp³-hybridized carbons (Fsp3) is 0.182. The number of hydrogen-bond donors (Lipinski definition) is 1. The average Bonchev–Trinajstić information content (AvgIpc) is 2.51. The predicted octanol–water partition coefficient (Wildman–Crippen LogP) is 2.16. The topological polar surface area (TPSA) is 52.0 Å². The van der Waals surface area contributed by atoms with Gasteiger partial charge in [-0.3, -0.25) is 0 Å². The first kappa shape index (κ1) is 8.81. The van der Waals surface area contributed by atoms with Gasteiger partial charge < -0.3 is 10.2 Å². The third-order valence-electron chi connectivity index (χ3n) is 1.97. The van der Waals surface area contributed by atoms with E-state index in [1.807, 2.05) is 31.2 Å². The van der Waals surface area contributed by atoms with E-state index in [0.717, 1.165) is 22.8 Å². The molecule has 0 saturated carbocycles. The standard InChI is InChI=1S/C11H12N2O/c1-8-7-14-11(13-8)6-9-3-2-4-10(12)5-9/h2-5,7H,6,12H2,1H3. The van der Waals surface area contributed by atoms with Gasteiger partial charge >= 0.3 is 0 Å². The number of aryl methyl sites for hydroxylation is 1. The quantitative estimate of drug-likeness (QED) is 0.735. The van der Waals surface area contributed by atoms with Gasteiger partial charge in [0.1, 0.15) is 6.26 Å². The van der Waals surface area contributed by atoms with Crippen LogP contribution in [0.15, 0.2) is 34.9 Å². The Bertz CT molecular complexity index is 434. The largest absolute Gasteiger partial charge is 0.448 e. The minimum Gasteiger partial charge on any atom is -0.448 e. The van der Waals surface area contributed by atoms with Crippen LogP contribution in [0.25, 0.3) is 0 Å². The number of benzene rings is 1. The van der Waals surface area contributed by atoms with Crippen molar-refractivity contribution in [3.8, 4) is 0 Å². The lowest BCUT2D eigenvalue weighted by atomic mass is 10.1. The summed E-state index contributed by atoms with van der Waals surface area (Å²) in [5.41, 5.74) is 8.46. The first-order valence-corrected chi connectivity index (χ1v) is 4.49.